The first kappa shape index (κ1) is 21.2. The Morgan fingerprint density at radius 3 is 2.52 bits per heavy atom. The van der Waals surface area contributed by atoms with E-state index in [0.29, 0.717) is 17.9 Å². The molecule has 1 heterocycles. The lowest BCUT2D eigenvalue weighted by atomic mass is 10.2. The van der Waals surface area contributed by atoms with Crippen molar-refractivity contribution in [2.75, 3.05) is 30.4 Å². The zero-order valence-electron chi connectivity index (χ0n) is 14.7. The van der Waals surface area contributed by atoms with Gasteiger partial charge in [0.25, 0.3) is 11.6 Å². The van der Waals surface area contributed by atoms with Crippen molar-refractivity contribution in [1.82, 2.24) is 4.90 Å². The Bertz CT molecular complexity index is 809. The predicted octanol–water partition coefficient (Wildman–Crippen LogP) is 1.27. The van der Waals surface area contributed by atoms with E-state index >= 15 is 0 Å². The molecule has 1 aliphatic rings. The van der Waals surface area contributed by atoms with Gasteiger partial charge in [0.15, 0.2) is 16.4 Å². The predicted molar refractivity (Wildman–Crippen MR) is 99.2 cm³/mol. The van der Waals surface area contributed by atoms with E-state index in [9.17, 15) is 28.1 Å². The topological polar surface area (TPSA) is 124 Å². The number of sulfone groups is 1. The molecule has 0 radical (unpaired) electrons. The number of non-ortho nitro benzene ring substituents is 1. The summed E-state index contributed by atoms with van der Waals surface area (Å²) in [6.45, 7) is 1.65. The van der Waals surface area contributed by atoms with Crippen LogP contribution in [-0.2, 0) is 24.2 Å². The maximum absolute atomic E-state index is 12.2. The Kier molecular flexibility index (Phi) is 7.19. The third kappa shape index (κ3) is 6.21. The normalized spacial score (nSPS) is 18.0. The average molecular weight is 416 g/mol. The van der Waals surface area contributed by atoms with Gasteiger partial charge < -0.3 is 9.64 Å². The molecule has 1 amide bonds. The lowest BCUT2D eigenvalue weighted by molar-refractivity contribution is -0.384. The molecule has 11 heteroatoms. The molecule has 0 saturated carbocycles. The van der Waals surface area contributed by atoms with Crippen molar-refractivity contribution >= 4 is 39.2 Å². The molecule has 1 aromatic carbocycles. The number of hydrogen-bond acceptors (Lipinski definition) is 8. The molecule has 1 fully saturated rings. The second kappa shape index (κ2) is 9.18. The van der Waals surface area contributed by atoms with Crippen molar-refractivity contribution in [3.8, 4) is 0 Å². The minimum absolute atomic E-state index is 0.0406. The van der Waals surface area contributed by atoms with Gasteiger partial charge in [-0.05, 0) is 25.5 Å². The second-order valence-corrected chi connectivity index (χ2v) is 9.21. The Labute approximate surface area is 161 Å². The molecule has 148 valence electrons. The number of rotatable bonds is 8. The zero-order valence-corrected chi connectivity index (χ0v) is 16.3. The number of nitro groups is 1. The molecule has 2 rings (SSSR count). The molecule has 1 aromatic rings. The number of benzene rings is 1. The Hall–Kier alpha value is -2.14. The fraction of sp³-hybridized carbons (Fsp3) is 0.500. The highest BCUT2D eigenvalue weighted by molar-refractivity contribution is 8.00. The molecular formula is C16H20N2O7S2. The largest absolute Gasteiger partial charge is 0.455 e. The summed E-state index contributed by atoms with van der Waals surface area (Å²) in [6, 6.07) is 5.36. The molecule has 0 spiro atoms. The van der Waals surface area contributed by atoms with Crippen LogP contribution in [0.1, 0.15) is 13.3 Å². The third-order valence-electron chi connectivity index (χ3n) is 4.07. The molecule has 1 aliphatic heterocycles. The molecule has 9 nitrogen and oxygen atoms in total. The molecule has 0 bridgehead atoms. The first-order valence-electron chi connectivity index (χ1n) is 8.24. The van der Waals surface area contributed by atoms with Gasteiger partial charge in [-0.1, -0.05) is 0 Å². The molecule has 1 atom stereocenters. The summed E-state index contributed by atoms with van der Waals surface area (Å²) >= 11 is 1.14. The number of ether oxygens (including phenoxy) is 1. The van der Waals surface area contributed by atoms with Crippen LogP contribution in [0.25, 0.3) is 0 Å². The van der Waals surface area contributed by atoms with Crippen LogP contribution in [-0.4, -0.2) is 66.6 Å². The molecule has 0 unspecified atom stereocenters. The summed E-state index contributed by atoms with van der Waals surface area (Å²) in [4.78, 5) is 36.2. The minimum Gasteiger partial charge on any atom is -0.455 e. The van der Waals surface area contributed by atoms with Gasteiger partial charge in [0, 0.05) is 29.6 Å². The van der Waals surface area contributed by atoms with Crippen LogP contribution < -0.4 is 0 Å². The van der Waals surface area contributed by atoms with Crippen LogP contribution in [0, 0.1) is 10.1 Å². The van der Waals surface area contributed by atoms with Crippen molar-refractivity contribution in [1.29, 1.82) is 0 Å². The van der Waals surface area contributed by atoms with Crippen molar-refractivity contribution in [2.24, 2.45) is 0 Å². The van der Waals surface area contributed by atoms with Gasteiger partial charge in [0.1, 0.15) is 0 Å². The van der Waals surface area contributed by atoms with E-state index in [1.165, 1.54) is 29.2 Å². The number of nitrogens with zero attached hydrogens (tertiary/aromatic N) is 2. The van der Waals surface area contributed by atoms with Crippen molar-refractivity contribution < 1.29 is 27.7 Å². The maximum atomic E-state index is 12.2. The third-order valence-corrected chi connectivity index (χ3v) is 6.81. The number of amides is 1. The number of nitro benzene ring substituents is 1. The van der Waals surface area contributed by atoms with Gasteiger partial charge in [0.05, 0.1) is 22.2 Å². The van der Waals surface area contributed by atoms with Crippen molar-refractivity contribution in [2.45, 2.75) is 24.3 Å². The van der Waals surface area contributed by atoms with Gasteiger partial charge in [-0.15, -0.1) is 11.8 Å². The number of esters is 1. The number of likely N-dealkylation sites (N-methyl/N-ethyl adjacent to an activating group) is 1. The minimum atomic E-state index is -3.11. The summed E-state index contributed by atoms with van der Waals surface area (Å²) in [6.07, 6.45) is 0.395. The molecular weight excluding hydrogens is 396 g/mol. The van der Waals surface area contributed by atoms with Gasteiger partial charge in [-0.3, -0.25) is 19.7 Å². The van der Waals surface area contributed by atoms with Gasteiger partial charge in [0.2, 0.25) is 0 Å². The van der Waals surface area contributed by atoms with E-state index in [0.717, 1.165) is 11.8 Å². The standard InChI is InChI=1S/C16H20N2O7S2/c1-2-17(13-7-8-27(23,24)11-13)15(19)9-25-16(20)10-26-14-5-3-12(4-6-14)18(21)22/h3-6,13H,2,7-11H2,1H3/t13-/m1/s1. The maximum Gasteiger partial charge on any atom is 0.316 e. The molecule has 1 saturated heterocycles. The molecule has 0 aliphatic carbocycles. The SMILES string of the molecule is CCN(C(=O)COC(=O)CSc1ccc([N+](=O)[O-])cc1)[C@@H]1CCS(=O)(=O)C1. The summed E-state index contributed by atoms with van der Waals surface area (Å²) in [7, 11) is -3.11. The van der Waals surface area contributed by atoms with Crippen LogP contribution in [0.2, 0.25) is 0 Å². The number of hydrogen-bond donors (Lipinski definition) is 0. The van der Waals surface area contributed by atoms with Crippen LogP contribution in [0.15, 0.2) is 29.2 Å². The highest BCUT2D eigenvalue weighted by atomic mass is 32.2. The van der Waals surface area contributed by atoms with Gasteiger partial charge in [-0.2, -0.15) is 0 Å². The summed E-state index contributed by atoms with van der Waals surface area (Å²) in [5.41, 5.74) is -0.0406. The molecule has 27 heavy (non-hydrogen) atoms. The van der Waals surface area contributed by atoms with Gasteiger partial charge >= 0.3 is 5.97 Å². The smallest absolute Gasteiger partial charge is 0.316 e. The second-order valence-electron chi connectivity index (χ2n) is 5.94. The molecule has 0 aromatic heterocycles. The summed E-state index contributed by atoms with van der Waals surface area (Å²) in [5.74, 6) is -1.06. The lowest BCUT2D eigenvalue weighted by Gasteiger charge is -2.26. The first-order valence-corrected chi connectivity index (χ1v) is 11.1. The van der Waals surface area contributed by atoms with E-state index in [4.69, 9.17) is 4.74 Å². The van der Waals surface area contributed by atoms with E-state index in [1.54, 1.807) is 6.92 Å². The Morgan fingerprint density at radius 1 is 1.33 bits per heavy atom. The highest BCUT2D eigenvalue weighted by Crippen LogP contribution is 2.21. The van der Waals surface area contributed by atoms with Crippen molar-refractivity contribution in [3.63, 3.8) is 0 Å². The summed E-state index contributed by atoms with van der Waals surface area (Å²) in [5, 5.41) is 10.6. The number of carbonyl (C=O) groups is 2. The number of thioether (sulfide) groups is 1. The van der Waals surface area contributed by atoms with Crippen LogP contribution in [0.3, 0.4) is 0 Å². The fourth-order valence-electron chi connectivity index (χ4n) is 2.73. The van der Waals surface area contributed by atoms with Crippen LogP contribution in [0.5, 0.6) is 0 Å². The fourth-order valence-corrected chi connectivity index (χ4v) is 5.16. The van der Waals surface area contributed by atoms with Crippen LogP contribution >= 0.6 is 11.8 Å². The quantitative estimate of drug-likeness (QED) is 0.268. The van der Waals surface area contributed by atoms with Crippen LogP contribution in [0.4, 0.5) is 5.69 Å². The Morgan fingerprint density at radius 2 is 2.00 bits per heavy atom. The van der Waals surface area contributed by atoms with Crippen molar-refractivity contribution in [3.05, 3.63) is 34.4 Å². The number of carbonyl (C=O) groups excluding carboxylic acids is 2. The van der Waals surface area contributed by atoms with E-state index in [1.807, 2.05) is 0 Å². The highest BCUT2D eigenvalue weighted by Gasteiger charge is 2.34. The monoisotopic (exact) mass is 416 g/mol. The lowest BCUT2D eigenvalue weighted by Crippen LogP contribution is -2.43. The Balaban J connectivity index is 1.78. The van der Waals surface area contributed by atoms with E-state index < -0.39 is 33.2 Å². The first-order chi connectivity index (χ1) is 12.7. The van der Waals surface area contributed by atoms with E-state index in [-0.39, 0.29) is 29.0 Å². The zero-order chi connectivity index (χ0) is 20.0. The average Bonchev–Trinajstić information content (AvgIpc) is 2.98. The molecule has 0 N–H and O–H groups in total. The summed E-state index contributed by atoms with van der Waals surface area (Å²) < 4.78 is 28.1. The van der Waals surface area contributed by atoms with E-state index in [2.05, 4.69) is 0 Å². The van der Waals surface area contributed by atoms with Gasteiger partial charge in [-0.25, -0.2) is 8.42 Å².